The van der Waals surface area contributed by atoms with Gasteiger partial charge in [-0.2, -0.15) is 0 Å². The van der Waals surface area contributed by atoms with Gasteiger partial charge in [-0.3, -0.25) is 4.79 Å². The zero-order valence-electron chi connectivity index (χ0n) is 8.12. The zero-order chi connectivity index (χ0) is 9.97. The summed E-state index contributed by atoms with van der Waals surface area (Å²) in [5.41, 5.74) is 1.20. The number of β-lactam (4-membered cyclic amide) rings is 1. The molecule has 1 aromatic carbocycles. The number of rotatable bonds is 3. The summed E-state index contributed by atoms with van der Waals surface area (Å²) in [5.74, 6) is 1.02. The standard InChI is InChI=1S/C11H13NO2/c1-14-10-4-2-3-8(6-10)5-9-7-11(13)12-9/h2-4,6,9H,5,7H2,1H3,(H,12,13)/t9-/m1/s1. The molecule has 74 valence electrons. The lowest BCUT2D eigenvalue weighted by Gasteiger charge is -2.26. The number of methoxy groups -OCH3 is 1. The second kappa shape index (κ2) is 3.70. The first-order valence-electron chi connectivity index (χ1n) is 4.70. The molecule has 0 aromatic heterocycles. The summed E-state index contributed by atoms with van der Waals surface area (Å²) in [6.45, 7) is 0. The summed E-state index contributed by atoms with van der Waals surface area (Å²) in [6.07, 6.45) is 1.54. The molecule has 1 atom stereocenters. The van der Waals surface area contributed by atoms with Crippen molar-refractivity contribution in [2.24, 2.45) is 0 Å². The molecule has 1 amide bonds. The number of benzene rings is 1. The van der Waals surface area contributed by atoms with E-state index in [1.807, 2.05) is 24.3 Å². The highest BCUT2D eigenvalue weighted by atomic mass is 16.5. The Hall–Kier alpha value is -1.51. The van der Waals surface area contributed by atoms with E-state index in [1.54, 1.807) is 7.11 Å². The van der Waals surface area contributed by atoms with Crippen LogP contribution in [-0.2, 0) is 11.2 Å². The summed E-state index contributed by atoms with van der Waals surface area (Å²) in [7, 11) is 1.66. The Kier molecular flexibility index (Phi) is 2.39. The molecule has 1 aromatic rings. The minimum absolute atomic E-state index is 0.151. The van der Waals surface area contributed by atoms with Crippen LogP contribution in [0.5, 0.6) is 5.75 Å². The van der Waals surface area contributed by atoms with Gasteiger partial charge in [-0.05, 0) is 24.1 Å². The Labute approximate surface area is 83.1 Å². The topological polar surface area (TPSA) is 38.3 Å². The third-order valence-electron chi connectivity index (χ3n) is 2.41. The van der Waals surface area contributed by atoms with Crippen LogP contribution in [0.1, 0.15) is 12.0 Å². The van der Waals surface area contributed by atoms with E-state index in [0.717, 1.165) is 12.2 Å². The van der Waals surface area contributed by atoms with E-state index in [0.29, 0.717) is 12.5 Å². The van der Waals surface area contributed by atoms with Gasteiger partial charge < -0.3 is 10.1 Å². The van der Waals surface area contributed by atoms with Gasteiger partial charge in [-0.1, -0.05) is 12.1 Å². The molecule has 1 heterocycles. The minimum Gasteiger partial charge on any atom is -0.497 e. The fourth-order valence-electron chi connectivity index (χ4n) is 1.64. The predicted octanol–water partition coefficient (Wildman–Crippen LogP) is 1.13. The maximum Gasteiger partial charge on any atom is 0.222 e. The summed E-state index contributed by atoms with van der Waals surface area (Å²) in [5, 5.41) is 2.85. The minimum atomic E-state index is 0.151. The first-order chi connectivity index (χ1) is 6.78. The van der Waals surface area contributed by atoms with Crippen LogP contribution >= 0.6 is 0 Å². The summed E-state index contributed by atoms with van der Waals surface area (Å²) >= 11 is 0. The molecule has 1 fully saturated rings. The van der Waals surface area contributed by atoms with Crippen LogP contribution < -0.4 is 10.1 Å². The lowest BCUT2D eigenvalue weighted by Crippen LogP contribution is -2.49. The van der Waals surface area contributed by atoms with Gasteiger partial charge in [0.15, 0.2) is 0 Å². The molecular weight excluding hydrogens is 178 g/mol. The van der Waals surface area contributed by atoms with Gasteiger partial charge in [0.05, 0.1) is 7.11 Å². The van der Waals surface area contributed by atoms with E-state index in [9.17, 15) is 4.79 Å². The second-order valence-corrected chi connectivity index (χ2v) is 3.52. The molecule has 1 aliphatic heterocycles. The first kappa shape index (κ1) is 9.06. The average Bonchev–Trinajstić information content (AvgIpc) is 2.16. The van der Waals surface area contributed by atoms with Crippen molar-refractivity contribution in [3.8, 4) is 5.75 Å². The number of nitrogens with one attached hydrogen (secondary N) is 1. The Morgan fingerprint density at radius 3 is 3.00 bits per heavy atom. The van der Waals surface area contributed by atoms with Crippen LogP contribution in [0.3, 0.4) is 0 Å². The van der Waals surface area contributed by atoms with Gasteiger partial charge in [-0.15, -0.1) is 0 Å². The van der Waals surface area contributed by atoms with Crippen LogP contribution in [0.4, 0.5) is 0 Å². The van der Waals surface area contributed by atoms with Gasteiger partial charge >= 0.3 is 0 Å². The third kappa shape index (κ3) is 1.87. The maximum atomic E-state index is 10.7. The van der Waals surface area contributed by atoms with Crippen molar-refractivity contribution in [1.82, 2.24) is 5.32 Å². The Morgan fingerprint density at radius 2 is 2.36 bits per heavy atom. The number of hydrogen-bond donors (Lipinski definition) is 1. The zero-order valence-corrected chi connectivity index (χ0v) is 8.12. The highest BCUT2D eigenvalue weighted by Gasteiger charge is 2.24. The molecule has 0 bridgehead atoms. The Morgan fingerprint density at radius 1 is 1.57 bits per heavy atom. The van der Waals surface area contributed by atoms with Gasteiger partial charge in [0.1, 0.15) is 5.75 Å². The Balaban J connectivity index is 1.98. The third-order valence-corrected chi connectivity index (χ3v) is 2.41. The molecular formula is C11H13NO2. The molecule has 0 spiro atoms. The second-order valence-electron chi connectivity index (χ2n) is 3.52. The number of hydrogen-bond acceptors (Lipinski definition) is 2. The molecule has 14 heavy (non-hydrogen) atoms. The molecule has 0 saturated carbocycles. The Bertz CT molecular complexity index is 341. The molecule has 0 radical (unpaired) electrons. The molecule has 0 unspecified atom stereocenters. The quantitative estimate of drug-likeness (QED) is 0.727. The number of amides is 1. The first-order valence-corrected chi connectivity index (χ1v) is 4.70. The van der Waals surface area contributed by atoms with Gasteiger partial charge in [0.2, 0.25) is 5.91 Å². The van der Waals surface area contributed by atoms with Crippen LogP contribution in [0.25, 0.3) is 0 Å². The fourth-order valence-corrected chi connectivity index (χ4v) is 1.64. The maximum absolute atomic E-state index is 10.7. The van der Waals surface area contributed by atoms with Crippen LogP contribution in [0.15, 0.2) is 24.3 Å². The molecule has 0 aliphatic carbocycles. The molecule has 1 aliphatic rings. The van der Waals surface area contributed by atoms with E-state index in [1.165, 1.54) is 5.56 Å². The van der Waals surface area contributed by atoms with Crippen LogP contribution in [-0.4, -0.2) is 19.1 Å². The lowest BCUT2D eigenvalue weighted by atomic mass is 9.97. The smallest absolute Gasteiger partial charge is 0.222 e. The summed E-state index contributed by atoms with van der Waals surface area (Å²) in [4.78, 5) is 10.7. The fraction of sp³-hybridized carbons (Fsp3) is 0.364. The number of ether oxygens (including phenoxy) is 1. The average molecular weight is 191 g/mol. The molecule has 1 N–H and O–H groups in total. The van der Waals surface area contributed by atoms with E-state index in [2.05, 4.69) is 5.32 Å². The van der Waals surface area contributed by atoms with Crippen LogP contribution in [0, 0.1) is 0 Å². The van der Waals surface area contributed by atoms with E-state index >= 15 is 0 Å². The largest absolute Gasteiger partial charge is 0.497 e. The van der Waals surface area contributed by atoms with Crippen molar-refractivity contribution in [1.29, 1.82) is 0 Å². The number of carbonyl (C=O) groups is 1. The predicted molar refractivity (Wildman–Crippen MR) is 53.2 cm³/mol. The number of carbonyl (C=O) groups excluding carboxylic acids is 1. The van der Waals surface area contributed by atoms with Gasteiger partial charge in [-0.25, -0.2) is 0 Å². The molecule has 3 nitrogen and oxygen atoms in total. The van der Waals surface area contributed by atoms with Crippen molar-refractivity contribution >= 4 is 5.91 Å². The molecule has 1 saturated heterocycles. The van der Waals surface area contributed by atoms with E-state index in [4.69, 9.17) is 4.74 Å². The lowest BCUT2D eigenvalue weighted by molar-refractivity contribution is -0.128. The van der Waals surface area contributed by atoms with Crippen molar-refractivity contribution in [3.63, 3.8) is 0 Å². The monoisotopic (exact) mass is 191 g/mol. The van der Waals surface area contributed by atoms with E-state index in [-0.39, 0.29) is 5.91 Å². The van der Waals surface area contributed by atoms with Gasteiger partial charge in [0.25, 0.3) is 0 Å². The van der Waals surface area contributed by atoms with Crippen molar-refractivity contribution in [2.45, 2.75) is 18.9 Å². The molecule has 2 rings (SSSR count). The highest BCUT2D eigenvalue weighted by Crippen LogP contribution is 2.17. The normalized spacial score (nSPS) is 19.8. The van der Waals surface area contributed by atoms with Crippen molar-refractivity contribution < 1.29 is 9.53 Å². The van der Waals surface area contributed by atoms with Crippen molar-refractivity contribution in [2.75, 3.05) is 7.11 Å². The summed E-state index contributed by atoms with van der Waals surface area (Å²) in [6, 6.07) is 8.25. The van der Waals surface area contributed by atoms with E-state index < -0.39 is 0 Å². The van der Waals surface area contributed by atoms with Crippen molar-refractivity contribution in [3.05, 3.63) is 29.8 Å². The molecule has 3 heteroatoms. The highest BCUT2D eigenvalue weighted by molar-refractivity contribution is 5.82. The van der Waals surface area contributed by atoms with Crippen LogP contribution in [0.2, 0.25) is 0 Å². The SMILES string of the molecule is COc1cccc(C[C@@H]2CC(=O)N2)c1. The summed E-state index contributed by atoms with van der Waals surface area (Å²) < 4.78 is 5.12. The van der Waals surface area contributed by atoms with Gasteiger partial charge in [0, 0.05) is 12.5 Å².